The van der Waals surface area contributed by atoms with Gasteiger partial charge in [-0.15, -0.1) is 0 Å². The molecule has 2 aromatic rings. The third-order valence-corrected chi connectivity index (χ3v) is 2.63. The summed E-state index contributed by atoms with van der Waals surface area (Å²) in [5.74, 6) is 5.85. The standard InChI is InChI=1S/C17H14O3/c1-13-3-8-16(9-4-13)20-17(18)12-7-14-5-10-15(19-2)11-6-14/h3-6,8-11H,1-2H3. The Labute approximate surface area is 118 Å². The molecule has 0 N–H and O–H groups in total. The van der Waals surface area contributed by atoms with Crippen LogP contribution in [0.1, 0.15) is 11.1 Å². The van der Waals surface area contributed by atoms with Gasteiger partial charge in [-0.05, 0) is 43.3 Å². The summed E-state index contributed by atoms with van der Waals surface area (Å²) in [6.45, 7) is 1.97. The molecule has 100 valence electrons. The molecule has 3 heteroatoms. The van der Waals surface area contributed by atoms with Crippen LogP contribution < -0.4 is 9.47 Å². The molecule has 2 rings (SSSR count). The highest BCUT2D eigenvalue weighted by Crippen LogP contribution is 2.12. The number of hydrogen-bond donors (Lipinski definition) is 0. The first-order chi connectivity index (χ1) is 9.67. The van der Waals surface area contributed by atoms with Crippen molar-refractivity contribution >= 4 is 5.97 Å². The fourth-order valence-electron chi connectivity index (χ4n) is 1.54. The Kier molecular flexibility index (Phi) is 4.41. The van der Waals surface area contributed by atoms with Crippen LogP contribution in [0.15, 0.2) is 48.5 Å². The normalized spacial score (nSPS) is 9.30. The van der Waals surface area contributed by atoms with E-state index in [1.54, 1.807) is 43.5 Å². The average Bonchev–Trinajstić information content (AvgIpc) is 2.48. The van der Waals surface area contributed by atoms with Gasteiger partial charge in [-0.25, -0.2) is 4.79 Å². The molecule has 0 heterocycles. The predicted molar refractivity (Wildman–Crippen MR) is 76.7 cm³/mol. The minimum atomic E-state index is -0.579. The van der Waals surface area contributed by atoms with Crippen LogP contribution in [-0.2, 0) is 4.79 Å². The second-order valence-corrected chi connectivity index (χ2v) is 4.18. The van der Waals surface area contributed by atoms with E-state index in [0.717, 1.165) is 16.9 Å². The molecule has 0 spiro atoms. The number of hydrogen-bond acceptors (Lipinski definition) is 3. The zero-order chi connectivity index (χ0) is 14.4. The van der Waals surface area contributed by atoms with Crippen molar-refractivity contribution in [2.24, 2.45) is 0 Å². The maximum Gasteiger partial charge on any atom is 0.390 e. The summed E-state index contributed by atoms with van der Waals surface area (Å²) < 4.78 is 10.1. The van der Waals surface area contributed by atoms with Crippen LogP contribution in [-0.4, -0.2) is 13.1 Å². The number of benzene rings is 2. The molecule has 0 bridgehead atoms. The summed E-state index contributed by atoms with van der Waals surface area (Å²) in [5, 5.41) is 0. The maximum absolute atomic E-state index is 11.6. The first-order valence-corrected chi connectivity index (χ1v) is 6.12. The average molecular weight is 266 g/mol. The number of rotatable bonds is 2. The number of esters is 1. The van der Waals surface area contributed by atoms with Crippen LogP contribution in [0.5, 0.6) is 11.5 Å². The maximum atomic E-state index is 11.6. The second kappa shape index (κ2) is 6.44. The lowest BCUT2D eigenvalue weighted by Crippen LogP contribution is -2.04. The fourth-order valence-corrected chi connectivity index (χ4v) is 1.54. The molecule has 3 nitrogen and oxygen atoms in total. The lowest BCUT2D eigenvalue weighted by Gasteiger charge is -2.00. The van der Waals surface area contributed by atoms with Gasteiger partial charge in [-0.3, -0.25) is 0 Å². The van der Waals surface area contributed by atoms with Gasteiger partial charge >= 0.3 is 5.97 Å². The third kappa shape index (κ3) is 3.89. The number of carbonyl (C=O) groups excluding carboxylic acids is 1. The number of carbonyl (C=O) groups is 1. The molecule has 0 amide bonds. The second-order valence-electron chi connectivity index (χ2n) is 4.18. The van der Waals surface area contributed by atoms with Gasteiger partial charge in [0.2, 0.25) is 0 Å². The molecule has 0 aliphatic carbocycles. The van der Waals surface area contributed by atoms with E-state index in [1.165, 1.54) is 0 Å². The van der Waals surface area contributed by atoms with E-state index in [4.69, 9.17) is 9.47 Å². The van der Waals surface area contributed by atoms with Crippen LogP contribution >= 0.6 is 0 Å². The highest BCUT2D eigenvalue weighted by molar-refractivity contribution is 5.90. The minimum absolute atomic E-state index is 0.490. The molecule has 20 heavy (non-hydrogen) atoms. The lowest BCUT2D eigenvalue weighted by atomic mass is 10.2. The Bertz CT molecular complexity index is 643. The van der Waals surface area contributed by atoms with Crippen LogP contribution in [0.25, 0.3) is 0 Å². The largest absolute Gasteiger partial charge is 0.497 e. The molecule has 0 aromatic heterocycles. The quantitative estimate of drug-likeness (QED) is 0.476. The van der Waals surface area contributed by atoms with Crippen LogP contribution in [0.4, 0.5) is 0 Å². The Morgan fingerprint density at radius 2 is 1.55 bits per heavy atom. The van der Waals surface area contributed by atoms with Crippen molar-refractivity contribution in [3.8, 4) is 23.3 Å². The molecular weight excluding hydrogens is 252 g/mol. The summed E-state index contributed by atoms with van der Waals surface area (Å²) in [7, 11) is 1.60. The molecule has 0 aliphatic rings. The van der Waals surface area contributed by atoms with E-state index in [-0.39, 0.29) is 0 Å². The van der Waals surface area contributed by atoms with Crippen molar-refractivity contribution in [3.63, 3.8) is 0 Å². The molecule has 0 aliphatic heterocycles. The summed E-state index contributed by atoms with van der Waals surface area (Å²) >= 11 is 0. The van der Waals surface area contributed by atoms with Crippen molar-refractivity contribution in [2.45, 2.75) is 6.92 Å². The van der Waals surface area contributed by atoms with E-state index in [2.05, 4.69) is 11.8 Å². The van der Waals surface area contributed by atoms with Gasteiger partial charge in [0, 0.05) is 11.5 Å². The van der Waals surface area contributed by atoms with E-state index < -0.39 is 5.97 Å². The zero-order valence-electron chi connectivity index (χ0n) is 11.3. The minimum Gasteiger partial charge on any atom is -0.497 e. The van der Waals surface area contributed by atoms with Gasteiger partial charge in [0.25, 0.3) is 0 Å². The van der Waals surface area contributed by atoms with Crippen molar-refractivity contribution in [1.29, 1.82) is 0 Å². The van der Waals surface area contributed by atoms with Crippen molar-refractivity contribution in [1.82, 2.24) is 0 Å². The van der Waals surface area contributed by atoms with Gasteiger partial charge in [-0.2, -0.15) is 0 Å². The van der Waals surface area contributed by atoms with Gasteiger partial charge in [0.05, 0.1) is 7.11 Å². The fraction of sp³-hybridized carbons (Fsp3) is 0.118. The molecule has 0 radical (unpaired) electrons. The van der Waals surface area contributed by atoms with Gasteiger partial charge in [0.15, 0.2) is 0 Å². The Hall–Kier alpha value is -2.73. The van der Waals surface area contributed by atoms with Crippen molar-refractivity contribution in [2.75, 3.05) is 7.11 Å². The van der Waals surface area contributed by atoms with Gasteiger partial charge in [0.1, 0.15) is 11.5 Å². The van der Waals surface area contributed by atoms with E-state index >= 15 is 0 Å². The predicted octanol–water partition coefficient (Wildman–Crippen LogP) is 2.96. The summed E-state index contributed by atoms with van der Waals surface area (Å²) in [6.07, 6.45) is 0. The zero-order valence-corrected chi connectivity index (χ0v) is 11.3. The van der Waals surface area contributed by atoms with Crippen LogP contribution in [0.2, 0.25) is 0 Å². The topological polar surface area (TPSA) is 35.5 Å². The van der Waals surface area contributed by atoms with Crippen molar-refractivity contribution < 1.29 is 14.3 Å². The smallest absolute Gasteiger partial charge is 0.390 e. The third-order valence-electron chi connectivity index (χ3n) is 2.63. The Balaban J connectivity index is 2.00. The highest BCUT2D eigenvalue weighted by atomic mass is 16.5. The highest BCUT2D eigenvalue weighted by Gasteiger charge is 2.00. The molecule has 2 aromatic carbocycles. The monoisotopic (exact) mass is 266 g/mol. The van der Waals surface area contributed by atoms with Crippen molar-refractivity contribution in [3.05, 3.63) is 59.7 Å². The number of aryl methyl sites for hydroxylation is 1. The molecule has 0 saturated heterocycles. The van der Waals surface area contributed by atoms with E-state index in [9.17, 15) is 4.79 Å². The first kappa shape index (κ1) is 13.7. The van der Waals surface area contributed by atoms with Gasteiger partial charge < -0.3 is 9.47 Å². The Morgan fingerprint density at radius 3 is 2.15 bits per heavy atom. The molecule has 0 saturated carbocycles. The van der Waals surface area contributed by atoms with E-state index in [1.807, 2.05) is 19.1 Å². The molecule has 0 fully saturated rings. The van der Waals surface area contributed by atoms with Crippen LogP contribution in [0, 0.1) is 18.8 Å². The molecular formula is C17H14O3. The Morgan fingerprint density at radius 1 is 0.950 bits per heavy atom. The lowest BCUT2D eigenvalue weighted by molar-refractivity contribution is -0.128. The number of ether oxygens (including phenoxy) is 2. The first-order valence-electron chi connectivity index (χ1n) is 6.12. The SMILES string of the molecule is COc1ccc(C#CC(=O)Oc2ccc(C)cc2)cc1. The van der Waals surface area contributed by atoms with Gasteiger partial charge in [-0.1, -0.05) is 23.6 Å². The summed E-state index contributed by atoms with van der Waals surface area (Å²) in [4.78, 5) is 11.6. The number of methoxy groups -OCH3 is 1. The van der Waals surface area contributed by atoms with E-state index in [0.29, 0.717) is 5.75 Å². The molecule has 0 atom stereocenters. The summed E-state index contributed by atoms with van der Waals surface area (Å²) in [5.41, 5.74) is 1.83. The summed E-state index contributed by atoms with van der Waals surface area (Å²) in [6, 6.07) is 14.4. The van der Waals surface area contributed by atoms with Crippen LogP contribution in [0.3, 0.4) is 0 Å². The molecule has 0 unspecified atom stereocenters.